The number of carbonyl (C=O) groups is 1. The molecule has 0 fully saturated rings. The molecule has 0 bridgehead atoms. The topological polar surface area (TPSA) is 134 Å². The van der Waals surface area contributed by atoms with Crippen molar-refractivity contribution in [3.05, 3.63) is 53.4 Å². The Balaban J connectivity index is 1.95. The van der Waals surface area contributed by atoms with Crippen LogP contribution in [0.15, 0.2) is 42.8 Å². The molecule has 2 aromatic carbocycles. The molecular formula is C15H10Br3N3O6. The van der Waals surface area contributed by atoms with Gasteiger partial charge in [0.15, 0.2) is 18.1 Å². The van der Waals surface area contributed by atoms with Crippen molar-refractivity contribution in [3.8, 4) is 17.2 Å². The first-order valence-electron chi connectivity index (χ1n) is 6.99. The van der Waals surface area contributed by atoms with E-state index in [1.807, 2.05) is 0 Å². The molecule has 12 heteroatoms. The summed E-state index contributed by atoms with van der Waals surface area (Å²) in [5, 5.41) is 33.7. The van der Waals surface area contributed by atoms with Crippen molar-refractivity contribution in [1.29, 1.82) is 0 Å². The van der Waals surface area contributed by atoms with E-state index in [0.29, 0.717) is 10.0 Å². The first-order chi connectivity index (χ1) is 12.7. The van der Waals surface area contributed by atoms with Crippen molar-refractivity contribution in [2.24, 2.45) is 5.10 Å². The number of non-ortho nitro benzene ring substituents is 1. The molecule has 0 aliphatic rings. The van der Waals surface area contributed by atoms with Crippen molar-refractivity contribution in [3.63, 3.8) is 0 Å². The zero-order valence-electron chi connectivity index (χ0n) is 13.1. The Morgan fingerprint density at radius 3 is 2.56 bits per heavy atom. The third-order valence-corrected chi connectivity index (χ3v) is 5.13. The summed E-state index contributed by atoms with van der Waals surface area (Å²) in [5.41, 5.74) is 2.52. The molecule has 0 aliphatic carbocycles. The van der Waals surface area contributed by atoms with Gasteiger partial charge in [-0.3, -0.25) is 14.9 Å². The number of hydrogen-bond donors (Lipinski definition) is 3. The number of nitro groups is 1. The minimum Gasteiger partial charge on any atom is -0.503 e. The molecule has 0 saturated heterocycles. The van der Waals surface area contributed by atoms with Crippen LogP contribution in [0, 0.1) is 10.1 Å². The lowest BCUT2D eigenvalue weighted by Gasteiger charge is -2.07. The Kier molecular flexibility index (Phi) is 7.16. The number of amides is 1. The molecule has 0 saturated carbocycles. The van der Waals surface area contributed by atoms with Gasteiger partial charge in [0, 0.05) is 17.7 Å². The molecule has 3 N–H and O–H groups in total. The van der Waals surface area contributed by atoms with Crippen molar-refractivity contribution in [2.75, 3.05) is 6.61 Å². The number of aromatic hydroxyl groups is 2. The fraction of sp³-hybridized carbons (Fsp3) is 0.0667. The molecule has 9 nitrogen and oxygen atoms in total. The molecule has 1 amide bonds. The number of phenolic OH excluding ortho intramolecular Hbond substituents is 2. The summed E-state index contributed by atoms with van der Waals surface area (Å²) >= 11 is 9.31. The number of hydrazone groups is 1. The largest absolute Gasteiger partial charge is 0.503 e. The lowest BCUT2D eigenvalue weighted by atomic mass is 10.2. The van der Waals surface area contributed by atoms with Gasteiger partial charge in [0.1, 0.15) is 5.75 Å². The number of ether oxygens (including phenoxy) is 1. The molecule has 0 atom stereocenters. The van der Waals surface area contributed by atoms with E-state index in [2.05, 4.69) is 58.3 Å². The van der Waals surface area contributed by atoms with Crippen LogP contribution in [0.5, 0.6) is 17.2 Å². The van der Waals surface area contributed by atoms with Crippen molar-refractivity contribution in [2.45, 2.75) is 0 Å². The van der Waals surface area contributed by atoms with Gasteiger partial charge >= 0.3 is 0 Å². The molecular weight excluding hydrogens is 558 g/mol. The van der Waals surface area contributed by atoms with Gasteiger partial charge in [-0.1, -0.05) is 0 Å². The molecule has 0 spiro atoms. The standard InChI is InChI=1S/C15H10Br3N3O6/c16-9-4-8(21(25)26)1-2-11(9)27-6-12(22)20-19-5-7-3-10(17)14(23)15(24)13(7)18/h1-5,23-24H,6H2,(H,20,22)/b19-5-. The number of halogens is 3. The molecule has 0 heterocycles. The van der Waals surface area contributed by atoms with Crippen LogP contribution in [0.4, 0.5) is 5.69 Å². The zero-order chi connectivity index (χ0) is 20.1. The SMILES string of the molecule is O=C(COc1ccc([N+](=O)[O-])cc1Br)N/N=C\c1cc(Br)c(O)c(O)c1Br. The number of nitrogens with one attached hydrogen (secondary N) is 1. The van der Waals surface area contributed by atoms with Gasteiger partial charge < -0.3 is 14.9 Å². The predicted octanol–water partition coefficient (Wildman–Crippen LogP) is 3.82. The van der Waals surface area contributed by atoms with E-state index in [1.54, 1.807) is 0 Å². The van der Waals surface area contributed by atoms with Crippen LogP contribution in [0.3, 0.4) is 0 Å². The highest BCUT2D eigenvalue weighted by atomic mass is 79.9. The van der Waals surface area contributed by atoms with E-state index >= 15 is 0 Å². The Morgan fingerprint density at radius 2 is 1.93 bits per heavy atom. The molecule has 0 aliphatic heterocycles. The van der Waals surface area contributed by atoms with E-state index in [-0.39, 0.29) is 38.5 Å². The number of hydrogen-bond acceptors (Lipinski definition) is 7. The smallest absolute Gasteiger partial charge is 0.277 e. The van der Waals surface area contributed by atoms with E-state index in [4.69, 9.17) is 4.74 Å². The fourth-order valence-corrected chi connectivity index (χ4v) is 3.11. The Morgan fingerprint density at radius 1 is 1.22 bits per heavy atom. The van der Waals surface area contributed by atoms with Crippen molar-refractivity contribution < 1.29 is 24.7 Å². The second-order valence-corrected chi connectivity index (χ2v) is 7.41. The van der Waals surface area contributed by atoms with Gasteiger partial charge in [0.05, 0.1) is 24.6 Å². The lowest BCUT2D eigenvalue weighted by Crippen LogP contribution is -2.24. The number of nitro benzene ring substituents is 1. The van der Waals surface area contributed by atoms with Crippen LogP contribution < -0.4 is 10.2 Å². The van der Waals surface area contributed by atoms with Crippen LogP contribution >= 0.6 is 47.8 Å². The van der Waals surface area contributed by atoms with E-state index in [9.17, 15) is 25.1 Å². The summed E-state index contributed by atoms with van der Waals surface area (Å²) in [6.07, 6.45) is 1.26. The molecule has 2 rings (SSSR count). The molecule has 0 aromatic heterocycles. The fourth-order valence-electron chi connectivity index (χ4n) is 1.79. The Labute approximate surface area is 177 Å². The second-order valence-electron chi connectivity index (χ2n) is 4.91. The van der Waals surface area contributed by atoms with Gasteiger partial charge in [0.2, 0.25) is 0 Å². The quantitative estimate of drug-likeness (QED) is 0.210. The number of carbonyl (C=O) groups excluding carboxylic acids is 1. The second kappa shape index (κ2) is 9.15. The number of nitrogens with zero attached hydrogens (tertiary/aromatic N) is 2. The summed E-state index contributed by atoms with van der Waals surface area (Å²) in [5.74, 6) is -1.02. The molecule has 27 heavy (non-hydrogen) atoms. The van der Waals surface area contributed by atoms with Crippen LogP contribution in [0.2, 0.25) is 0 Å². The van der Waals surface area contributed by atoms with Gasteiger partial charge in [-0.05, 0) is 59.9 Å². The van der Waals surface area contributed by atoms with Gasteiger partial charge in [-0.15, -0.1) is 0 Å². The highest BCUT2D eigenvalue weighted by Crippen LogP contribution is 2.40. The summed E-state index contributed by atoms with van der Waals surface area (Å²) in [4.78, 5) is 21.9. The lowest BCUT2D eigenvalue weighted by molar-refractivity contribution is -0.384. The Hall–Kier alpha value is -2.18. The first-order valence-corrected chi connectivity index (χ1v) is 9.37. The average molecular weight is 568 g/mol. The van der Waals surface area contributed by atoms with Crippen molar-refractivity contribution >= 4 is 65.6 Å². The molecule has 142 valence electrons. The molecule has 2 aromatic rings. The number of phenols is 2. The third kappa shape index (κ3) is 5.40. The average Bonchev–Trinajstić information content (AvgIpc) is 2.62. The summed E-state index contributed by atoms with van der Waals surface area (Å²) in [7, 11) is 0. The highest BCUT2D eigenvalue weighted by molar-refractivity contribution is 9.11. The van der Waals surface area contributed by atoms with Crippen molar-refractivity contribution in [1.82, 2.24) is 5.43 Å². The van der Waals surface area contributed by atoms with Gasteiger partial charge in [-0.2, -0.15) is 5.10 Å². The van der Waals surface area contributed by atoms with E-state index < -0.39 is 10.8 Å². The van der Waals surface area contributed by atoms with Crippen LogP contribution in [-0.4, -0.2) is 33.9 Å². The third-order valence-electron chi connectivity index (χ3n) is 3.07. The highest BCUT2D eigenvalue weighted by Gasteiger charge is 2.13. The monoisotopic (exact) mass is 565 g/mol. The number of benzene rings is 2. The molecule has 0 radical (unpaired) electrons. The maximum Gasteiger partial charge on any atom is 0.277 e. The minimum absolute atomic E-state index is 0.114. The summed E-state index contributed by atoms with van der Waals surface area (Å²) in [6.45, 7) is -0.376. The van der Waals surface area contributed by atoms with Crippen LogP contribution in [0.1, 0.15) is 5.56 Å². The zero-order valence-corrected chi connectivity index (χ0v) is 17.9. The van der Waals surface area contributed by atoms with E-state index in [1.165, 1.54) is 30.5 Å². The maximum atomic E-state index is 11.8. The first kappa shape index (κ1) is 21.1. The summed E-state index contributed by atoms with van der Waals surface area (Å²) in [6, 6.07) is 5.37. The van der Waals surface area contributed by atoms with Gasteiger partial charge in [-0.25, -0.2) is 5.43 Å². The van der Waals surface area contributed by atoms with Crippen LogP contribution in [0.25, 0.3) is 0 Å². The summed E-state index contributed by atoms with van der Waals surface area (Å²) < 4.78 is 6.06. The predicted molar refractivity (Wildman–Crippen MR) is 107 cm³/mol. The molecule has 0 unspecified atom stereocenters. The normalized spacial score (nSPS) is 10.8. The van der Waals surface area contributed by atoms with E-state index in [0.717, 1.165) is 0 Å². The van der Waals surface area contributed by atoms with Crippen LogP contribution in [-0.2, 0) is 4.79 Å². The maximum absolute atomic E-state index is 11.8. The Bertz CT molecular complexity index is 935. The number of rotatable bonds is 6. The van der Waals surface area contributed by atoms with Gasteiger partial charge in [0.25, 0.3) is 11.6 Å². The minimum atomic E-state index is -0.574.